The van der Waals surface area contributed by atoms with Crippen molar-refractivity contribution in [1.82, 2.24) is 5.32 Å². The van der Waals surface area contributed by atoms with Gasteiger partial charge in [-0.2, -0.15) is 0 Å². The zero-order chi connectivity index (χ0) is 23.1. The summed E-state index contributed by atoms with van der Waals surface area (Å²) in [6.07, 6.45) is -6.02. The number of ether oxygens (including phenoxy) is 2. The number of aliphatic hydroxyl groups is 1. The minimum Gasteiger partial charge on any atom is -0.491 e. The highest BCUT2D eigenvalue weighted by Gasteiger charge is 2.05. The van der Waals surface area contributed by atoms with Gasteiger partial charge >= 0.3 is 0 Å². The highest BCUT2D eigenvalue weighted by atomic mass is 16.5. The van der Waals surface area contributed by atoms with Crippen LogP contribution < -0.4 is 10.1 Å². The first-order valence-electron chi connectivity index (χ1n) is 10.6. The standard InChI is InChI=1S/C15H25NO3/c1-12(2)16-10-14(17)11-19-15-6-4-13(5-7-15)8-9-18-3/h4-7,12,14,16-17H,8-11H2,1-3H3/i8D2,9D2,10D2,11D2,12D,14D. The molecule has 1 aromatic rings. The fraction of sp³-hybridized carbons (Fsp3) is 0.600. The Bertz CT molecular complexity index is 701. The second-order valence-corrected chi connectivity index (χ2v) is 3.76. The van der Waals surface area contributed by atoms with E-state index in [9.17, 15) is 5.11 Å². The van der Waals surface area contributed by atoms with Gasteiger partial charge in [0, 0.05) is 26.5 Å². The van der Waals surface area contributed by atoms with Crippen molar-refractivity contribution in [2.24, 2.45) is 0 Å². The predicted molar refractivity (Wildman–Crippen MR) is 76.7 cm³/mol. The van der Waals surface area contributed by atoms with E-state index in [0.29, 0.717) is 0 Å². The van der Waals surface area contributed by atoms with Crippen LogP contribution in [0.4, 0.5) is 0 Å². The number of aryl methyl sites for hydroxylation is 1. The van der Waals surface area contributed by atoms with Crippen LogP contribution in [0.2, 0.25) is 0 Å². The van der Waals surface area contributed by atoms with Crippen LogP contribution in [-0.2, 0) is 11.1 Å². The summed E-state index contributed by atoms with van der Waals surface area (Å²) >= 11 is 0. The van der Waals surface area contributed by atoms with Crippen molar-refractivity contribution in [1.29, 1.82) is 0 Å². The summed E-state index contributed by atoms with van der Waals surface area (Å²) in [6.45, 7) is -6.49. The molecule has 2 N–H and O–H groups in total. The highest BCUT2D eigenvalue weighted by molar-refractivity contribution is 5.27. The zero-order valence-corrected chi connectivity index (χ0v) is 11.1. The third kappa shape index (κ3) is 7.15. The molecule has 0 aliphatic heterocycles. The summed E-state index contributed by atoms with van der Waals surface area (Å²) in [5.74, 6) is -0.265. The van der Waals surface area contributed by atoms with E-state index in [1.807, 2.05) is 5.32 Å². The Hall–Kier alpha value is -1.10. The van der Waals surface area contributed by atoms with Crippen LogP contribution in [0, 0.1) is 0 Å². The first-order valence-corrected chi connectivity index (χ1v) is 5.57. The van der Waals surface area contributed by atoms with E-state index < -0.39 is 38.1 Å². The average Bonchev–Trinajstić information content (AvgIpc) is 2.52. The molecular weight excluding hydrogens is 242 g/mol. The molecule has 0 saturated carbocycles. The van der Waals surface area contributed by atoms with Crippen molar-refractivity contribution in [2.45, 2.75) is 32.3 Å². The van der Waals surface area contributed by atoms with Crippen molar-refractivity contribution >= 4 is 0 Å². The van der Waals surface area contributed by atoms with E-state index in [2.05, 4.69) is 4.74 Å². The molecule has 0 heterocycles. The Morgan fingerprint density at radius 1 is 1.37 bits per heavy atom. The Morgan fingerprint density at radius 3 is 2.63 bits per heavy atom. The van der Waals surface area contributed by atoms with Gasteiger partial charge in [-0.15, -0.1) is 0 Å². The van der Waals surface area contributed by atoms with Crippen molar-refractivity contribution in [2.75, 3.05) is 26.7 Å². The van der Waals surface area contributed by atoms with E-state index in [-0.39, 0.29) is 11.3 Å². The second-order valence-electron chi connectivity index (χ2n) is 3.76. The molecule has 0 spiro atoms. The van der Waals surface area contributed by atoms with Gasteiger partial charge < -0.3 is 19.9 Å². The summed E-state index contributed by atoms with van der Waals surface area (Å²) in [6, 6.07) is 2.78. The van der Waals surface area contributed by atoms with Gasteiger partial charge in [-0.1, -0.05) is 26.0 Å². The molecule has 0 amide bonds. The third-order valence-electron chi connectivity index (χ3n) is 1.85. The van der Waals surface area contributed by atoms with Gasteiger partial charge in [0.2, 0.25) is 0 Å². The van der Waals surface area contributed by atoms with Crippen molar-refractivity contribution < 1.29 is 28.3 Å². The molecule has 1 aromatic carbocycles. The zero-order valence-electron chi connectivity index (χ0n) is 21.1. The van der Waals surface area contributed by atoms with Crippen LogP contribution in [0.3, 0.4) is 0 Å². The predicted octanol–water partition coefficient (Wildman–Crippen LogP) is 1.61. The Morgan fingerprint density at radius 2 is 2.05 bits per heavy atom. The van der Waals surface area contributed by atoms with Crippen LogP contribution in [-0.4, -0.2) is 43.9 Å². The molecule has 108 valence electrons. The molecule has 0 radical (unpaired) electrons. The smallest absolute Gasteiger partial charge is 0.119 e. The normalized spacial score (nSPS) is 25.7. The molecule has 0 aliphatic carbocycles. The second kappa shape index (κ2) is 8.91. The van der Waals surface area contributed by atoms with Gasteiger partial charge in [-0.3, -0.25) is 0 Å². The lowest BCUT2D eigenvalue weighted by atomic mass is 10.1. The van der Waals surface area contributed by atoms with E-state index >= 15 is 0 Å². The summed E-state index contributed by atoms with van der Waals surface area (Å²) in [7, 11) is 1.01. The highest BCUT2D eigenvalue weighted by Crippen LogP contribution is 2.12. The van der Waals surface area contributed by atoms with Crippen LogP contribution in [0.25, 0.3) is 0 Å². The van der Waals surface area contributed by atoms with E-state index in [1.54, 1.807) is 0 Å². The molecular formula is C15H25NO3. The van der Waals surface area contributed by atoms with Crippen LogP contribution in [0.15, 0.2) is 24.3 Å². The number of rotatable bonds is 9. The maximum Gasteiger partial charge on any atom is 0.119 e. The Labute approximate surface area is 129 Å². The minimum absolute atomic E-state index is 0.133. The summed E-state index contributed by atoms with van der Waals surface area (Å²) in [5, 5.41) is 12.3. The third-order valence-corrected chi connectivity index (χ3v) is 1.85. The van der Waals surface area contributed by atoms with E-state index in [0.717, 1.165) is 31.4 Å². The molecule has 1 atom stereocenters. The topological polar surface area (TPSA) is 50.7 Å². The van der Waals surface area contributed by atoms with Gasteiger partial charge in [0.15, 0.2) is 0 Å². The molecule has 1 rings (SSSR count). The number of benzene rings is 1. The monoisotopic (exact) mass is 277 g/mol. The largest absolute Gasteiger partial charge is 0.491 e. The molecule has 0 bridgehead atoms. The summed E-state index contributed by atoms with van der Waals surface area (Å²) in [5.41, 5.74) is -0.133. The van der Waals surface area contributed by atoms with Crippen molar-refractivity contribution in [3.8, 4) is 5.75 Å². The van der Waals surface area contributed by atoms with Crippen molar-refractivity contribution in [3.63, 3.8) is 0 Å². The van der Waals surface area contributed by atoms with E-state index in [4.69, 9.17) is 18.4 Å². The van der Waals surface area contributed by atoms with Gasteiger partial charge in [0.25, 0.3) is 0 Å². The van der Waals surface area contributed by atoms with Crippen LogP contribution >= 0.6 is 0 Å². The molecule has 0 aromatic heterocycles. The van der Waals surface area contributed by atoms with Crippen LogP contribution in [0.5, 0.6) is 5.75 Å². The molecule has 0 fully saturated rings. The minimum atomic E-state index is -3.47. The number of hydrogen-bond donors (Lipinski definition) is 2. The molecule has 0 aliphatic rings. The Balaban J connectivity index is 3.13. The maximum absolute atomic E-state index is 10.2. The lowest BCUT2D eigenvalue weighted by molar-refractivity contribution is 0.104. The van der Waals surface area contributed by atoms with Crippen LogP contribution in [0.1, 0.15) is 33.1 Å². The first kappa shape index (κ1) is 6.57. The number of methoxy groups -OCH3 is 1. The quantitative estimate of drug-likeness (QED) is 0.720. The lowest BCUT2D eigenvalue weighted by Crippen LogP contribution is -2.35. The fourth-order valence-electron chi connectivity index (χ4n) is 1.03. The SMILES string of the molecule is [2H]C(C)(C)NC([2H])([2H])C([2H])(O)C([2H])([2H])Oc1ccc(C([2H])([2H])C([2H])([2H])OC)cc1. The average molecular weight is 277 g/mol. The maximum atomic E-state index is 10.2. The lowest BCUT2D eigenvalue weighted by Gasteiger charge is -2.15. The number of hydrogen-bond acceptors (Lipinski definition) is 4. The Kier molecular flexibility index (Phi) is 3.08. The van der Waals surface area contributed by atoms with Gasteiger partial charge in [-0.25, -0.2) is 0 Å². The molecule has 19 heavy (non-hydrogen) atoms. The van der Waals surface area contributed by atoms with Gasteiger partial charge in [-0.05, 0) is 24.1 Å². The van der Waals surface area contributed by atoms with Crippen molar-refractivity contribution in [3.05, 3.63) is 29.8 Å². The summed E-state index contributed by atoms with van der Waals surface area (Å²) in [4.78, 5) is 0. The van der Waals surface area contributed by atoms with Gasteiger partial charge in [0.05, 0.1) is 13.4 Å². The fourth-order valence-corrected chi connectivity index (χ4v) is 1.03. The summed E-state index contributed by atoms with van der Waals surface area (Å²) < 4.78 is 87.2. The van der Waals surface area contributed by atoms with E-state index in [1.165, 1.54) is 13.8 Å². The van der Waals surface area contributed by atoms with Gasteiger partial charge in [0.1, 0.15) is 18.4 Å². The number of nitrogens with one attached hydrogen (secondary N) is 1. The molecule has 4 nitrogen and oxygen atoms in total. The molecule has 1 unspecified atom stereocenters. The molecule has 0 saturated heterocycles. The first-order chi connectivity index (χ1) is 12.7. The molecule has 4 heteroatoms.